The Morgan fingerprint density at radius 2 is 2.00 bits per heavy atom. The molecule has 13 nitrogen and oxygen atoms in total. The second-order valence-electron chi connectivity index (χ2n) is 10.5. The summed E-state index contributed by atoms with van der Waals surface area (Å²) in [5.74, 6) is -0.155. The highest BCUT2D eigenvalue weighted by atomic mass is 31.2. The highest BCUT2D eigenvalue weighted by molar-refractivity contribution is 7.52. The number of hydrogen-bond donors (Lipinski definition) is 4. The molecule has 0 bridgehead atoms. The van der Waals surface area contributed by atoms with Crippen LogP contribution in [0.4, 0.5) is 0 Å². The molecule has 214 valence electrons. The van der Waals surface area contributed by atoms with E-state index in [-0.39, 0.29) is 18.2 Å². The lowest BCUT2D eigenvalue weighted by Crippen LogP contribution is -2.63. The third-order valence-corrected chi connectivity index (χ3v) is 9.10. The molecule has 1 aromatic carbocycles. The molecular weight excluding hydrogens is 529 g/mol. The number of nitrogens with zero attached hydrogens (tertiary/aromatic N) is 3. The molecule has 0 aliphatic carbocycles. The number of aliphatic hydroxyl groups excluding tert-OH is 2. The van der Waals surface area contributed by atoms with Gasteiger partial charge in [0.05, 0.1) is 24.4 Å². The maximum atomic E-state index is 13.9. The molecular formula is C25H36N5O8P. The smallest absolute Gasteiger partial charge is 0.459 e. The number of nitrogens with two attached hydrogens (primary N) is 1. The van der Waals surface area contributed by atoms with Crippen LogP contribution >= 0.6 is 7.75 Å². The average Bonchev–Trinajstić information content (AvgIpc) is 3.35. The zero-order chi connectivity index (χ0) is 28.6. The van der Waals surface area contributed by atoms with Crippen LogP contribution in [-0.4, -0.2) is 81.6 Å². The molecule has 14 heteroatoms. The van der Waals surface area contributed by atoms with Gasteiger partial charge in [0.2, 0.25) is 0 Å². The molecule has 3 heterocycles. The van der Waals surface area contributed by atoms with Crippen molar-refractivity contribution < 1.29 is 38.1 Å². The Morgan fingerprint density at radius 1 is 1.31 bits per heavy atom. The number of hydrazone groups is 1. The number of benzene rings is 1. The molecule has 5 N–H and O–H groups in total. The van der Waals surface area contributed by atoms with Crippen molar-refractivity contribution in [2.45, 2.75) is 76.0 Å². The summed E-state index contributed by atoms with van der Waals surface area (Å²) in [7, 11) is -4.25. The summed E-state index contributed by atoms with van der Waals surface area (Å²) >= 11 is 0. The molecule has 1 saturated heterocycles. The molecule has 0 spiro atoms. The standard InChI is InChI=1S/C25H36N5O8P/c1-6-35-22(33)23(2,3)29-39(34,38-16-10-8-7-9-11-16)36-14-18-19(31)20(32)25(5,37-18)24(4)13-12-17-21(26)27-15-28-30(17)24/h7-12,15,18-20,31-32H,6,13-14H2,1-5H3,(H,29,34)(H2,26,27,28)/t18-,19-,20-,24?,25-,39?/m1/s1. The molecule has 39 heavy (non-hydrogen) atoms. The van der Waals surface area contributed by atoms with Gasteiger partial charge in [-0.05, 0) is 53.2 Å². The van der Waals surface area contributed by atoms with Crippen LogP contribution in [0.15, 0.2) is 52.2 Å². The number of ether oxygens (including phenoxy) is 2. The summed E-state index contributed by atoms with van der Waals surface area (Å²) in [5, 5.41) is 30.8. The van der Waals surface area contributed by atoms with Crippen molar-refractivity contribution in [1.29, 1.82) is 0 Å². The number of fused-ring (bicyclic) bond motifs is 1. The fourth-order valence-corrected chi connectivity index (χ4v) is 6.57. The third-order valence-electron chi connectivity index (χ3n) is 7.33. The number of amidine groups is 1. The zero-order valence-corrected chi connectivity index (χ0v) is 23.5. The van der Waals surface area contributed by atoms with Crippen molar-refractivity contribution in [1.82, 2.24) is 10.1 Å². The predicted octanol–water partition coefficient (Wildman–Crippen LogP) is 1.66. The Balaban J connectivity index is 1.54. The normalized spacial score (nSPS) is 31.8. The highest BCUT2D eigenvalue weighted by Gasteiger charge is 2.64. The van der Waals surface area contributed by atoms with Gasteiger partial charge in [0.15, 0.2) is 5.84 Å². The summed E-state index contributed by atoms with van der Waals surface area (Å²) in [6, 6.07) is 8.29. The maximum absolute atomic E-state index is 13.9. The van der Waals surface area contributed by atoms with Gasteiger partial charge in [-0.15, -0.1) is 0 Å². The molecule has 4 rings (SSSR count). The second-order valence-corrected chi connectivity index (χ2v) is 12.1. The quantitative estimate of drug-likeness (QED) is 0.240. The molecule has 1 aromatic rings. The first-order valence-electron chi connectivity index (χ1n) is 12.6. The van der Waals surface area contributed by atoms with Crippen molar-refractivity contribution in [3.63, 3.8) is 0 Å². The number of aliphatic hydroxyl groups is 2. The molecule has 1 fully saturated rings. The van der Waals surface area contributed by atoms with E-state index in [1.54, 1.807) is 49.2 Å². The topological polar surface area (TPSA) is 178 Å². The van der Waals surface area contributed by atoms with Crippen molar-refractivity contribution in [2.24, 2.45) is 15.8 Å². The van der Waals surface area contributed by atoms with Gasteiger partial charge in [0.1, 0.15) is 41.5 Å². The van der Waals surface area contributed by atoms with Gasteiger partial charge < -0.3 is 29.9 Å². The number of hydrogen-bond acceptors (Lipinski definition) is 12. The summed E-state index contributed by atoms with van der Waals surface area (Å²) in [5.41, 5.74) is 2.85. The van der Waals surface area contributed by atoms with Gasteiger partial charge in [-0.2, -0.15) is 10.2 Å². The first-order valence-corrected chi connectivity index (χ1v) is 14.2. The van der Waals surface area contributed by atoms with E-state index in [0.717, 1.165) is 0 Å². The Labute approximate surface area is 227 Å². The van der Waals surface area contributed by atoms with Crippen molar-refractivity contribution in [3.05, 3.63) is 42.1 Å². The monoisotopic (exact) mass is 565 g/mol. The van der Waals surface area contributed by atoms with Crippen molar-refractivity contribution in [2.75, 3.05) is 13.2 Å². The molecule has 0 aromatic heterocycles. The summed E-state index contributed by atoms with van der Waals surface area (Å²) in [6.07, 6.45) is -0.320. The first kappa shape index (κ1) is 29.2. The van der Waals surface area contributed by atoms with Crippen LogP contribution in [0.2, 0.25) is 0 Å². The lowest BCUT2D eigenvalue weighted by atomic mass is 9.76. The van der Waals surface area contributed by atoms with E-state index in [4.69, 9.17) is 24.3 Å². The van der Waals surface area contributed by atoms with Crippen LogP contribution in [0.25, 0.3) is 0 Å². The second kappa shape index (κ2) is 10.6. The van der Waals surface area contributed by atoms with Gasteiger partial charge in [0, 0.05) is 0 Å². The largest absolute Gasteiger partial charge is 0.465 e. The van der Waals surface area contributed by atoms with Crippen LogP contribution in [0.5, 0.6) is 5.75 Å². The Morgan fingerprint density at radius 3 is 2.67 bits per heavy atom. The summed E-state index contributed by atoms with van der Waals surface area (Å²) < 4.78 is 36.7. The average molecular weight is 566 g/mol. The van der Waals surface area contributed by atoms with E-state index in [2.05, 4.69) is 15.2 Å². The number of aliphatic imine (C=N–C) groups is 1. The van der Waals surface area contributed by atoms with Crippen LogP contribution in [-0.2, 0) is 23.4 Å². The Kier molecular flexibility index (Phi) is 7.96. The van der Waals surface area contributed by atoms with Gasteiger partial charge >= 0.3 is 13.7 Å². The molecule has 2 unspecified atom stereocenters. The van der Waals surface area contributed by atoms with Crippen LogP contribution in [0, 0.1) is 0 Å². The first-order chi connectivity index (χ1) is 18.3. The minimum atomic E-state index is -4.25. The molecule has 0 amide bonds. The Bertz CT molecular complexity index is 1220. The molecule has 3 aliphatic heterocycles. The summed E-state index contributed by atoms with van der Waals surface area (Å²) in [6.45, 7) is 7.81. The van der Waals surface area contributed by atoms with Gasteiger partial charge in [-0.3, -0.25) is 14.3 Å². The predicted molar refractivity (Wildman–Crippen MR) is 143 cm³/mol. The molecule has 3 aliphatic rings. The SMILES string of the molecule is CCOC(=O)C(C)(C)NP(=O)(OC[C@H]1O[C@@](C)(C2(C)CC=C3C(N)=NC=NN32)[C@H](O)[C@@H]1O)Oc1ccccc1. The van der Waals surface area contributed by atoms with E-state index < -0.39 is 55.3 Å². The van der Waals surface area contributed by atoms with Gasteiger partial charge in [0.25, 0.3) is 0 Å². The number of esters is 1. The van der Waals surface area contributed by atoms with Crippen LogP contribution in [0.3, 0.4) is 0 Å². The fraction of sp³-hybridized carbons (Fsp3) is 0.560. The van der Waals surface area contributed by atoms with Crippen LogP contribution in [0.1, 0.15) is 41.0 Å². The fourth-order valence-electron chi connectivity index (χ4n) is 4.89. The maximum Gasteiger partial charge on any atom is 0.459 e. The zero-order valence-electron chi connectivity index (χ0n) is 22.6. The lowest BCUT2D eigenvalue weighted by molar-refractivity contribution is -0.152. The molecule has 6 atom stereocenters. The van der Waals surface area contributed by atoms with Crippen molar-refractivity contribution >= 4 is 25.9 Å². The number of para-hydroxylation sites is 1. The van der Waals surface area contributed by atoms with E-state index in [1.165, 1.54) is 20.2 Å². The number of nitrogens with one attached hydrogen (secondary N) is 1. The number of carbonyl (C=O) groups excluding carboxylic acids is 1. The summed E-state index contributed by atoms with van der Waals surface area (Å²) in [4.78, 5) is 16.5. The van der Waals surface area contributed by atoms with E-state index in [0.29, 0.717) is 12.1 Å². The van der Waals surface area contributed by atoms with E-state index >= 15 is 0 Å². The highest BCUT2D eigenvalue weighted by Crippen LogP contribution is 2.51. The Hall–Kier alpha value is -2.80. The van der Waals surface area contributed by atoms with E-state index in [9.17, 15) is 19.6 Å². The van der Waals surface area contributed by atoms with Gasteiger partial charge in [-0.25, -0.2) is 9.56 Å². The molecule has 0 saturated carbocycles. The third kappa shape index (κ3) is 5.34. The number of rotatable bonds is 10. The lowest BCUT2D eigenvalue weighted by Gasteiger charge is -2.47. The van der Waals surface area contributed by atoms with Gasteiger partial charge in [-0.1, -0.05) is 24.3 Å². The molecule has 0 radical (unpaired) electrons. The minimum Gasteiger partial charge on any atom is -0.465 e. The van der Waals surface area contributed by atoms with Crippen LogP contribution < -0.4 is 15.3 Å². The minimum absolute atomic E-state index is 0.126. The van der Waals surface area contributed by atoms with E-state index in [1.807, 2.05) is 13.0 Å². The van der Waals surface area contributed by atoms with Crippen molar-refractivity contribution in [3.8, 4) is 5.75 Å². The number of carbonyl (C=O) groups is 1.